The van der Waals surface area contributed by atoms with Gasteiger partial charge in [0.1, 0.15) is 5.82 Å². The molecule has 1 saturated carbocycles. The summed E-state index contributed by atoms with van der Waals surface area (Å²) in [6.07, 6.45) is 1.76. The van der Waals surface area contributed by atoms with E-state index < -0.39 is 0 Å². The summed E-state index contributed by atoms with van der Waals surface area (Å²) < 4.78 is 14.7. The average Bonchev–Trinajstić information content (AvgIpc) is 3.53. The van der Waals surface area contributed by atoms with Gasteiger partial charge in [0.05, 0.1) is 11.3 Å². The molecular formula is C22H18BrFN2O2. The predicted molar refractivity (Wildman–Crippen MR) is 111 cm³/mol. The summed E-state index contributed by atoms with van der Waals surface area (Å²) in [7, 11) is 0. The van der Waals surface area contributed by atoms with Crippen molar-refractivity contribution < 1.29 is 14.0 Å². The molecule has 0 radical (unpaired) electrons. The second kappa shape index (κ2) is 7.72. The fourth-order valence-corrected chi connectivity index (χ4v) is 3.47. The van der Waals surface area contributed by atoms with E-state index in [4.69, 9.17) is 0 Å². The Hall–Kier alpha value is -2.73. The van der Waals surface area contributed by atoms with Crippen molar-refractivity contribution in [3.8, 4) is 0 Å². The molecule has 28 heavy (non-hydrogen) atoms. The van der Waals surface area contributed by atoms with E-state index in [1.807, 2.05) is 30.3 Å². The molecule has 0 aromatic heterocycles. The van der Waals surface area contributed by atoms with Crippen molar-refractivity contribution in [2.75, 3.05) is 5.32 Å². The number of fused-ring (bicyclic) bond motifs is 1. The van der Waals surface area contributed by atoms with Crippen molar-refractivity contribution in [1.29, 1.82) is 0 Å². The molecule has 0 atom stereocenters. The van der Waals surface area contributed by atoms with E-state index in [9.17, 15) is 14.0 Å². The van der Waals surface area contributed by atoms with Crippen molar-refractivity contribution in [2.45, 2.75) is 19.4 Å². The number of rotatable bonds is 5. The highest BCUT2D eigenvalue weighted by atomic mass is 79.9. The fourth-order valence-electron chi connectivity index (χ4n) is 3.06. The van der Waals surface area contributed by atoms with E-state index in [1.54, 1.807) is 18.2 Å². The molecule has 0 unspecified atom stereocenters. The molecule has 0 bridgehead atoms. The number of benzene rings is 3. The van der Waals surface area contributed by atoms with E-state index in [-0.39, 0.29) is 30.1 Å². The van der Waals surface area contributed by atoms with Crippen LogP contribution in [0.5, 0.6) is 0 Å². The molecule has 1 fully saturated rings. The molecule has 1 aliphatic rings. The van der Waals surface area contributed by atoms with Gasteiger partial charge in [-0.2, -0.15) is 0 Å². The minimum Gasteiger partial charge on any atom is -0.348 e. The smallest absolute Gasteiger partial charge is 0.253 e. The van der Waals surface area contributed by atoms with Gasteiger partial charge >= 0.3 is 0 Å². The third-order valence-corrected chi connectivity index (χ3v) is 5.28. The number of amides is 2. The number of hydrogen-bond donors (Lipinski definition) is 2. The zero-order chi connectivity index (χ0) is 19.7. The number of carbonyl (C=O) groups is 2. The van der Waals surface area contributed by atoms with E-state index in [0.717, 1.165) is 28.1 Å². The summed E-state index contributed by atoms with van der Waals surface area (Å²) in [6, 6.07) is 15.8. The molecular weight excluding hydrogens is 423 g/mol. The molecule has 142 valence electrons. The molecule has 3 aromatic carbocycles. The number of anilines is 1. The molecule has 2 N–H and O–H groups in total. The Kier molecular flexibility index (Phi) is 5.13. The van der Waals surface area contributed by atoms with Gasteiger partial charge in [0, 0.05) is 22.5 Å². The molecule has 0 aliphatic heterocycles. The van der Waals surface area contributed by atoms with Gasteiger partial charge in [0.2, 0.25) is 5.91 Å². The zero-order valence-electron chi connectivity index (χ0n) is 15.0. The molecule has 0 spiro atoms. The van der Waals surface area contributed by atoms with Crippen LogP contribution in [0.4, 0.5) is 10.1 Å². The summed E-state index contributed by atoms with van der Waals surface area (Å²) >= 11 is 3.31. The molecule has 0 heterocycles. The molecule has 3 aromatic rings. The van der Waals surface area contributed by atoms with Crippen LogP contribution in [0.2, 0.25) is 0 Å². The third kappa shape index (κ3) is 4.07. The Morgan fingerprint density at radius 3 is 2.46 bits per heavy atom. The molecule has 1 aliphatic carbocycles. The highest BCUT2D eigenvalue weighted by Crippen LogP contribution is 2.32. The van der Waals surface area contributed by atoms with Crippen molar-refractivity contribution >= 4 is 44.2 Å². The van der Waals surface area contributed by atoms with Crippen LogP contribution >= 0.6 is 15.9 Å². The maximum Gasteiger partial charge on any atom is 0.253 e. The first-order valence-electron chi connectivity index (χ1n) is 9.07. The standard InChI is InChI=1S/C22H18BrFN2O2/c23-17-7-8-19(24)16(9-17)12-25-22(28)18-10-14-3-1-2-4-15(14)11-20(18)26-21(27)13-5-6-13/h1-4,7-11,13H,5-6,12H2,(H,25,28)(H,26,27). The normalized spacial score (nSPS) is 13.4. The van der Waals surface area contributed by atoms with Crippen molar-refractivity contribution in [3.63, 3.8) is 0 Å². The third-order valence-electron chi connectivity index (χ3n) is 4.78. The maximum absolute atomic E-state index is 13.9. The first kappa shape index (κ1) is 18.6. The number of carbonyl (C=O) groups excluding carboxylic acids is 2. The van der Waals surface area contributed by atoms with Crippen molar-refractivity contribution in [1.82, 2.24) is 5.32 Å². The fraction of sp³-hybridized carbons (Fsp3) is 0.182. The van der Waals surface area contributed by atoms with Gasteiger partial charge in [0.15, 0.2) is 0 Å². The highest BCUT2D eigenvalue weighted by Gasteiger charge is 2.30. The van der Waals surface area contributed by atoms with Crippen LogP contribution in [0.15, 0.2) is 59.1 Å². The second-order valence-corrected chi connectivity index (χ2v) is 7.84. The molecule has 2 amide bonds. The first-order valence-corrected chi connectivity index (χ1v) is 9.86. The Morgan fingerprint density at radius 2 is 1.75 bits per heavy atom. The summed E-state index contributed by atoms with van der Waals surface area (Å²) in [4.78, 5) is 25.1. The largest absolute Gasteiger partial charge is 0.348 e. The SMILES string of the molecule is O=C(NCc1cc(Br)ccc1F)c1cc2ccccc2cc1NC(=O)C1CC1. The van der Waals surface area contributed by atoms with E-state index in [0.29, 0.717) is 16.8 Å². The predicted octanol–water partition coefficient (Wildman–Crippen LogP) is 5.02. The van der Waals surface area contributed by atoms with Gasteiger partial charge in [-0.15, -0.1) is 0 Å². The Morgan fingerprint density at radius 1 is 1.04 bits per heavy atom. The number of halogens is 2. The minimum atomic E-state index is -0.385. The quantitative estimate of drug-likeness (QED) is 0.584. The van der Waals surface area contributed by atoms with Crippen LogP contribution < -0.4 is 10.6 Å². The Labute approximate surface area is 170 Å². The van der Waals surface area contributed by atoms with Gasteiger partial charge < -0.3 is 10.6 Å². The van der Waals surface area contributed by atoms with Gasteiger partial charge in [-0.3, -0.25) is 9.59 Å². The second-order valence-electron chi connectivity index (χ2n) is 6.93. The van der Waals surface area contributed by atoms with Crippen LogP contribution in [0, 0.1) is 11.7 Å². The van der Waals surface area contributed by atoms with Gasteiger partial charge in [0.25, 0.3) is 5.91 Å². The minimum absolute atomic E-state index is 0.0261. The van der Waals surface area contributed by atoms with Crippen LogP contribution in [0.3, 0.4) is 0 Å². The average molecular weight is 441 g/mol. The van der Waals surface area contributed by atoms with Gasteiger partial charge in [-0.25, -0.2) is 4.39 Å². The lowest BCUT2D eigenvalue weighted by Gasteiger charge is -2.13. The topological polar surface area (TPSA) is 58.2 Å². The van der Waals surface area contributed by atoms with Crippen LogP contribution in [-0.2, 0) is 11.3 Å². The summed E-state index contributed by atoms with van der Waals surface area (Å²) in [5.41, 5.74) is 1.22. The van der Waals surface area contributed by atoms with Crippen LogP contribution in [0.25, 0.3) is 10.8 Å². The molecule has 0 saturated heterocycles. The Balaban J connectivity index is 1.62. The van der Waals surface area contributed by atoms with Crippen LogP contribution in [0.1, 0.15) is 28.8 Å². The summed E-state index contributed by atoms with van der Waals surface area (Å²) in [5.74, 6) is -0.791. The van der Waals surface area contributed by atoms with E-state index >= 15 is 0 Å². The summed E-state index contributed by atoms with van der Waals surface area (Å²) in [6.45, 7) is 0.0486. The zero-order valence-corrected chi connectivity index (χ0v) is 16.6. The first-order chi connectivity index (χ1) is 13.5. The van der Waals surface area contributed by atoms with Gasteiger partial charge in [-0.05, 0) is 53.9 Å². The molecule has 4 rings (SSSR count). The van der Waals surface area contributed by atoms with Crippen molar-refractivity contribution in [2.24, 2.45) is 5.92 Å². The lowest BCUT2D eigenvalue weighted by Crippen LogP contribution is -2.25. The lowest BCUT2D eigenvalue weighted by atomic mass is 10.0. The monoisotopic (exact) mass is 440 g/mol. The summed E-state index contributed by atoms with van der Waals surface area (Å²) in [5, 5.41) is 7.47. The highest BCUT2D eigenvalue weighted by molar-refractivity contribution is 9.10. The number of hydrogen-bond acceptors (Lipinski definition) is 2. The van der Waals surface area contributed by atoms with Crippen molar-refractivity contribution in [3.05, 3.63) is 76.0 Å². The molecule has 6 heteroatoms. The van der Waals surface area contributed by atoms with Crippen LogP contribution in [-0.4, -0.2) is 11.8 Å². The van der Waals surface area contributed by atoms with Gasteiger partial charge in [-0.1, -0.05) is 40.2 Å². The Bertz CT molecular complexity index is 1080. The lowest BCUT2D eigenvalue weighted by molar-refractivity contribution is -0.117. The van der Waals surface area contributed by atoms with E-state index in [1.165, 1.54) is 6.07 Å². The maximum atomic E-state index is 13.9. The number of nitrogens with one attached hydrogen (secondary N) is 2. The van der Waals surface area contributed by atoms with E-state index in [2.05, 4.69) is 26.6 Å². The molecule has 4 nitrogen and oxygen atoms in total.